The highest BCUT2D eigenvalue weighted by Crippen LogP contribution is 2.32. The normalized spacial score (nSPS) is 19.6. The Bertz CT molecular complexity index is 722. The number of alkyl halides is 3. The van der Waals surface area contributed by atoms with Crippen molar-refractivity contribution < 1.29 is 26.4 Å². The summed E-state index contributed by atoms with van der Waals surface area (Å²) in [5.41, 5.74) is 4.29. The van der Waals surface area contributed by atoms with E-state index in [1.807, 2.05) is 0 Å². The number of carbonyl (C=O) groups is 1. The summed E-state index contributed by atoms with van der Waals surface area (Å²) in [6, 6.07) is 3.62. The van der Waals surface area contributed by atoms with Gasteiger partial charge in [0.1, 0.15) is 0 Å². The maximum Gasteiger partial charge on any atom is 0.416 e. The largest absolute Gasteiger partial charge is 0.416 e. The first-order chi connectivity index (χ1) is 11.7. The fraction of sp³-hybridized carbons (Fsp3) is 0.533. The Kier molecular flexibility index (Phi) is 6.07. The fourth-order valence-electron chi connectivity index (χ4n) is 2.70. The number of nitrogens with zero attached hydrogens (tertiary/aromatic N) is 1. The van der Waals surface area contributed by atoms with Gasteiger partial charge in [-0.1, -0.05) is 6.07 Å². The molecule has 0 saturated carbocycles. The number of hydrogen-bond donors (Lipinski definition) is 2. The molecule has 0 spiro atoms. The Morgan fingerprint density at radius 1 is 1.36 bits per heavy atom. The second-order valence-corrected chi connectivity index (χ2v) is 7.75. The third kappa shape index (κ3) is 4.71. The summed E-state index contributed by atoms with van der Waals surface area (Å²) in [5.74, 6) is -0.838. The average molecular weight is 379 g/mol. The van der Waals surface area contributed by atoms with Gasteiger partial charge in [-0.15, -0.1) is 0 Å². The lowest BCUT2D eigenvalue weighted by atomic mass is 9.99. The van der Waals surface area contributed by atoms with Crippen LogP contribution in [0.15, 0.2) is 29.2 Å². The average Bonchev–Trinajstić information content (AvgIpc) is 2.59. The molecule has 1 amide bonds. The second-order valence-electron chi connectivity index (χ2n) is 5.81. The molecule has 1 aliphatic heterocycles. The zero-order chi connectivity index (χ0) is 18.7. The number of piperidine rings is 1. The van der Waals surface area contributed by atoms with E-state index in [0.717, 1.165) is 22.5 Å². The number of nitrogens with one attached hydrogen (secondary N) is 1. The SMILES string of the molecule is NCCNC(=O)C1CCCN(S(=O)(=O)c2cccc(C(F)(F)F)c2)C1. The van der Waals surface area contributed by atoms with Gasteiger partial charge >= 0.3 is 6.18 Å². The number of hydrogen-bond acceptors (Lipinski definition) is 4. The number of amides is 1. The van der Waals surface area contributed by atoms with E-state index in [2.05, 4.69) is 5.32 Å². The minimum absolute atomic E-state index is 0.0605. The molecule has 0 bridgehead atoms. The van der Waals surface area contributed by atoms with E-state index in [9.17, 15) is 26.4 Å². The van der Waals surface area contributed by atoms with Crippen molar-refractivity contribution in [2.75, 3.05) is 26.2 Å². The van der Waals surface area contributed by atoms with E-state index in [1.54, 1.807) is 0 Å². The summed E-state index contributed by atoms with van der Waals surface area (Å²) in [4.78, 5) is 11.6. The minimum atomic E-state index is -4.63. The van der Waals surface area contributed by atoms with Crippen LogP contribution in [0.25, 0.3) is 0 Å². The summed E-state index contributed by atoms with van der Waals surface area (Å²) < 4.78 is 64.8. The summed E-state index contributed by atoms with van der Waals surface area (Å²) in [6.07, 6.45) is -3.65. The maximum absolute atomic E-state index is 12.8. The van der Waals surface area contributed by atoms with Crippen molar-refractivity contribution in [2.24, 2.45) is 11.7 Å². The molecule has 10 heteroatoms. The number of halogens is 3. The lowest BCUT2D eigenvalue weighted by Gasteiger charge is -2.31. The summed E-state index contributed by atoms with van der Waals surface area (Å²) in [5, 5.41) is 2.61. The molecule has 1 heterocycles. The van der Waals surface area contributed by atoms with Gasteiger partial charge in [0.25, 0.3) is 0 Å². The predicted molar refractivity (Wildman–Crippen MR) is 85.0 cm³/mol. The molecule has 1 aromatic rings. The summed E-state index contributed by atoms with van der Waals surface area (Å²) >= 11 is 0. The van der Waals surface area contributed by atoms with Crippen molar-refractivity contribution in [3.05, 3.63) is 29.8 Å². The standard InChI is InChI=1S/C15H20F3N3O3S/c16-15(17,18)12-4-1-5-13(9-12)25(23,24)21-8-2-3-11(10-21)14(22)20-7-6-19/h1,4-5,9,11H,2-3,6-8,10,19H2,(H,20,22). The summed E-state index contributed by atoms with van der Waals surface area (Å²) in [7, 11) is -4.10. The fourth-order valence-corrected chi connectivity index (χ4v) is 4.27. The monoisotopic (exact) mass is 379 g/mol. The van der Waals surface area contributed by atoms with Gasteiger partial charge in [-0.05, 0) is 31.0 Å². The van der Waals surface area contributed by atoms with Gasteiger partial charge in [0.2, 0.25) is 15.9 Å². The first-order valence-corrected chi connectivity index (χ1v) is 9.25. The van der Waals surface area contributed by atoms with E-state index in [1.165, 1.54) is 0 Å². The van der Waals surface area contributed by atoms with Gasteiger partial charge < -0.3 is 11.1 Å². The van der Waals surface area contributed by atoms with Crippen molar-refractivity contribution >= 4 is 15.9 Å². The van der Waals surface area contributed by atoms with Crippen LogP contribution < -0.4 is 11.1 Å². The summed E-state index contributed by atoms with van der Waals surface area (Å²) in [6.45, 7) is 0.661. The Morgan fingerprint density at radius 2 is 2.08 bits per heavy atom. The van der Waals surface area contributed by atoms with Crippen molar-refractivity contribution in [3.63, 3.8) is 0 Å². The molecule has 140 valence electrons. The number of benzene rings is 1. The van der Waals surface area contributed by atoms with Crippen LogP contribution in [0.3, 0.4) is 0 Å². The van der Waals surface area contributed by atoms with Crippen molar-refractivity contribution in [1.29, 1.82) is 0 Å². The van der Waals surface area contributed by atoms with Crippen molar-refractivity contribution in [2.45, 2.75) is 23.9 Å². The molecule has 6 nitrogen and oxygen atoms in total. The molecule has 3 N–H and O–H groups in total. The number of nitrogens with two attached hydrogens (primary N) is 1. The Labute approximate surface area is 144 Å². The zero-order valence-corrected chi connectivity index (χ0v) is 14.2. The molecule has 1 fully saturated rings. The van der Waals surface area contributed by atoms with Crippen LogP contribution in [0, 0.1) is 5.92 Å². The van der Waals surface area contributed by atoms with E-state index in [4.69, 9.17) is 5.73 Å². The van der Waals surface area contributed by atoms with Gasteiger partial charge in [0.15, 0.2) is 0 Å². The van der Waals surface area contributed by atoms with E-state index < -0.39 is 32.6 Å². The molecule has 1 aromatic carbocycles. The molecular weight excluding hydrogens is 359 g/mol. The molecule has 1 saturated heterocycles. The molecule has 1 unspecified atom stereocenters. The quantitative estimate of drug-likeness (QED) is 0.804. The molecule has 0 radical (unpaired) electrons. The van der Waals surface area contributed by atoms with E-state index >= 15 is 0 Å². The van der Waals surface area contributed by atoms with Crippen LogP contribution in [0.2, 0.25) is 0 Å². The molecule has 25 heavy (non-hydrogen) atoms. The van der Waals surface area contributed by atoms with Gasteiger partial charge in [0, 0.05) is 26.2 Å². The number of sulfonamides is 1. The molecule has 0 aromatic heterocycles. The molecule has 1 aliphatic rings. The Hall–Kier alpha value is -1.65. The number of rotatable bonds is 5. The lowest BCUT2D eigenvalue weighted by molar-refractivity contribution is -0.137. The van der Waals surface area contributed by atoms with Crippen LogP contribution in [0.4, 0.5) is 13.2 Å². The third-order valence-corrected chi connectivity index (χ3v) is 5.86. The second kappa shape index (κ2) is 7.71. The Balaban J connectivity index is 2.20. The van der Waals surface area contributed by atoms with Crippen LogP contribution in [-0.2, 0) is 21.0 Å². The number of carbonyl (C=O) groups excluding carboxylic acids is 1. The van der Waals surface area contributed by atoms with E-state index in [0.29, 0.717) is 18.9 Å². The highest BCUT2D eigenvalue weighted by Gasteiger charge is 2.35. The predicted octanol–water partition coefficient (Wildman–Crippen LogP) is 1.18. The minimum Gasteiger partial charge on any atom is -0.355 e. The van der Waals surface area contributed by atoms with Crippen molar-refractivity contribution in [1.82, 2.24) is 9.62 Å². The van der Waals surface area contributed by atoms with Crippen molar-refractivity contribution in [3.8, 4) is 0 Å². The smallest absolute Gasteiger partial charge is 0.355 e. The highest BCUT2D eigenvalue weighted by atomic mass is 32.2. The first kappa shape index (κ1) is 19.7. The molecule has 1 atom stereocenters. The van der Waals surface area contributed by atoms with Crippen LogP contribution in [0.5, 0.6) is 0 Å². The first-order valence-electron chi connectivity index (χ1n) is 7.81. The third-order valence-electron chi connectivity index (χ3n) is 4.00. The van der Waals surface area contributed by atoms with Crippen LogP contribution >= 0.6 is 0 Å². The van der Waals surface area contributed by atoms with Gasteiger partial charge in [0.05, 0.1) is 16.4 Å². The van der Waals surface area contributed by atoms with Crippen LogP contribution in [0.1, 0.15) is 18.4 Å². The molecular formula is C15H20F3N3O3S. The lowest BCUT2D eigenvalue weighted by Crippen LogP contribution is -2.46. The van der Waals surface area contributed by atoms with Gasteiger partial charge in [-0.25, -0.2) is 8.42 Å². The topological polar surface area (TPSA) is 92.5 Å². The zero-order valence-electron chi connectivity index (χ0n) is 13.4. The Morgan fingerprint density at radius 3 is 2.72 bits per heavy atom. The maximum atomic E-state index is 12.8. The van der Waals surface area contributed by atoms with Crippen LogP contribution in [-0.4, -0.2) is 44.8 Å². The van der Waals surface area contributed by atoms with E-state index in [-0.39, 0.29) is 32.1 Å². The van der Waals surface area contributed by atoms with Gasteiger partial charge in [-0.2, -0.15) is 17.5 Å². The van der Waals surface area contributed by atoms with Gasteiger partial charge in [-0.3, -0.25) is 4.79 Å². The highest BCUT2D eigenvalue weighted by molar-refractivity contribution is 7.89. The molecule has 2 rings (SSSR count). The molecule has 0 aliphatic carbocycles.